The summed E-state index contributed by atoms with van der Waals surface area (Å²) >= 11 is 0. The first-order valence-electron chi connectivity index (χ1n) is 10.2. The predicted molar refractivity (Wildman–Crippen MR) is 124 cm³/mol. The van der Waals surface area contributed by atoms with Crippen LogP contribution < -0.4 is 10.6 Å². The van der Waals surface area contributed by atoms with E-state index in [1.807, 2.05) is 34.6 Å². The number of hydrogen-bond acceptors (Lipinski definition) is 8. The summed E-state index contributed by atoms with van der Waals surface area (Å²) in [5, 5.41) is 31.0. The Balaban J connectivity index is 3.00. The van der Waals surface area contributed by atoms with Crippen molar-refractivity contribution >= 4 is 21.4 Å². The van der Waals surface area contributed by atoms with Crippen LogP contribution in [0, 0.1) is 6.92 Å². The molecule has 0 spiro atoms. The van der Waals surface area contributed by atoms with Crippen molar-refractivity contribution in [2.45, 2.75) is 64.4 Å². The van der Waals surface area contributed by atoms with Crippen molar-refractivity contribution in [3.05, 3.63) is 29.8 Å². The molecular weight excluding hydrogens is 418 g/mol. The van der Waals surface area contributed by atoms with Crippen molar-refractivity contribution in [1.82, 2.24) is 14.9 Å². The predicted octanol–water partition coefficient (Wildman–Crippen LogP) is 2.42. The first-order valence-corrected chi connectivity index (χ1v) is 11.7. The zero-order chi connectivity index (χ0) is 23.9. The number of hydrogen-bond donors (Lipinski definition) is 4. The van der Waals surface area contributed by atoms with Gasteiger partial charge in [-0.2, -0.15) is 4.31 Å². The van der Waals surface area contributed by atoms with Gasteiger partial charge in [0.1, 0.15) is 0 Å². The van der Waals surface area contributed by atoms with Gasteiger partial charge < -0.3 is 21.0 Å². The molecule has 0 saturated heterocycles. The largest absolute Gasteiger partial charge is 0.411 e. The number of benzene rings is 1. The minimum atomic E-state index is -3.71. The van der Waals surface area contributed by atoms with Gasteiger partial charge in [0.15, 0.2) is 0 Å². The number of nitrogens with one attached hydrogen (secondary N) is 2. The van der Waals surface area contributed by atoms with E-state index in [4.69, 9.17) is 10.4 Å². The third kappa shape index (κ3) is 7.57. The van der Waals surface area contributed by atoms with E-state index in [2.05, 4.69) is 20.9 Å². The van der Waals surface area contributed by atoms with Crippen molar-refractivity contribution in [2.75, 3.05) is 26.2 Å². The molecule has 4 N–H and O–H groups in total. The molecule has 0 radical (unpaired) electrons. The SMILES string of the molecule is CC(=NO)C(C)(C)NCCN(CCNC(C)(C)C(C)=NO)S(=O)(=O)c1ccc(C)cc1. The minimum Gasteiger partial charge on any atom is -0.411 e. The maximum atomic E-state index is 13.3. The zero-order valence-corrected chi connectivity index (χ0v) is 20.4. The molecule has 0 aliphatic carbocycles. The second kappa shape index (κ2) is 11.0. The molecule has 0 aromatic heterocycles. The normalized spacial score (nSPS) is 14.3. The van der Waals surface area contributed by atoms with Crippen molar-refractivity contribution in [3.63, 3.8) is 0 Å². The first kappa shape index (κ1) is 27.0. The lowest BCUT2D eigenvalue weighted by Gasteiger charge is -2.30. The van der Waals surface area contributed by atoms with E-state index in [1.165, 1.54) is 4.31 Å². The first-order chi connectivity index (χ1) is 14.3. The van der Waals surface area contributed by atoms with Crippen molar-refractivity contribution in [2.24, 2.45) is 10.3 Å². The van der Waals surface area contributed by atoms with E-state index in [-0.39, 0.29) is 18.0 Å². The molecule has 0 fully saturated rings. The molecule has 176 valence electrons. The van der Waals surface area contributed by atoms with Gasteiger partial charge in [0.2, 0.25) is 10.0 Å². The molecule has 0 bridgehead atoms. The Bertz CT molecular complexity index is 842. The maximum Gasteiger partial charge on any atom is 0.243 e. The lowest BCUT2D eigenvalue weighted by Crippen LogP contribution is -2.51. The van der Waals surface area contributed by atoms with Crippen molar-refractivity contribution < 1.29 is 18.8 Å². The summed E-state index contributed by atoms with van der Waals surface area (Å²) in [6.07, 6.45) is 0. The highest BCUT2D eigenvalue weighted by Crippen LogP contribution is 2.16. The Kier molecular flexibility index (Phi) is 9.62. The number of oxime groups is 2. The Morgan fingerprint density at radius 2 is 1.29 bits per heavy atom. The average molecular weight is 456 g/mol. The fourth-order valence-electron chi connectivity index (χ4n) is 2.70. The van der Waals surface area contributed by atoms with Gasteiger partial charge in [0, 0.05) is 26.2 Å². The monoisotopic (exact) mass is 455 g/mol. The van der Waals surface area contributed by atoms with E-state index < -0.39 is 21.1 Å². The fourth-order valence-corrected chi connectivity index (χ4v) is 4.14. The molecule has 0 saturated carbocycles. The molecule has 0 aliphatic heterocycles. The van der Waals surface area contributed by atoms with E-state index in [0.717, 1.165) is 5.56 Å². The van der Waals surface area contributed by atoms with Gasteiger partial charge in [-0.05, 0) is 60.6 Å². The van der Waals surface area contributed by atoms with Crippen LogP contribution in [0.2, 0.25) is 0 Å². The van der Waals surface area contributed by atoms with E-state index in [9.17, 15) is 8.42 Å². The van der Waals surface area contributed by atoms with E-state index in [0.29, 0.717) is 24.5 Å². The van der Waals surface area contributed by atoms with Gasteiger partial charge in [0.25, 0.3) is 0 Å². The molecule has 0 atom stereocenters. The molecule has 0 unspecified atom stereocenters. The minimum absolute atomic E-state index is 0.230. The van der Waals surface area contributed by atoms with Crippen LogP contribution in [0.25, 0.3) is 0 Å². The van der Waals surface area contributed by atoms with Crippen LogP contribution in [-0.4, -0.2) is 71.8 Å². The van der Waals surface area contributed by atoms with Crippen molar-refractivity contribution in [1.29, 1.82) is 0 Å². The van der Waals surface area contributed by atoms with Gasteiger partial charge in [0.05, 0.1) is 27.4 Å². The lowest BCUT2D eigenvalue weighted by molar-refractivity contribution is 0.307. The zero-order valence-electron chi connectivity index (χ0n) is 19.6. The van der Waals surface area contributed by atoms with Crippen LogP contribution in [0.3, 0.4) is 0 Å². The van der Waals surface area contributed by atoms with Gasteiger partial charge in [-0.3, -0.25) is 0 Å². The summed E-state index contributed by atoms with van der Waals surface area (Å²) in [4.78, 5) is 0.234. The number of aryl methyl sites for hydroxylation is 1. The second-order valence-electron chi connectivity index (χ2n) is 8.69. The number of rotatable bonds is 12. The summed E-state index contributed by atoms with van der Waals surface area (Å²) < 4.78 is 28.0. The quantitative estimate of drug-likeness (QED) is 0.218. The third-order valence-corrected chi connectivity index (χ3v) is 7.54. The molecule has 1 aromatic carbocycles. The summed E-state index contributed by atoms with van der Waals surface area (Å²) in [5.74, 6) is 0. The lowest BCUT2D eigenvalue weighted by atomic mass is 10.00. The standard InChI is InChI=1S/C21H37N5O4S/c1-16-8-10-19(11-9-16)31(29,30)26(14-12-22-20(4,5)17(2)24-27)15-13-23-21(6,7)18(3)25-28/h8-11,22-23,27-28H,12-15H2,1-7H3. The van der Waals surface area contributed by atoms with Gasteiger partial charge in [-0.15, -0.1) is 0 Å². The van der Waals surface area contributed by atoms with Crippen LogP contribution in [0.5, 0.6) is 0 Å². The van der Waals surface area contributed by atoms with E-state index >= 15 is 0 Å². The van der Waals surface area contributed by atoms with Gasteiger partial charge >= 0.3 is 0 Å². The van der Waals surface area contributed by atoms with Crippen LogP contribution in [0.1, 0.15) is 47.1 Å². The summed E-state index contributed by atoms with van der Waals surface area (Å²) in [6, 6.07) is 6.76. The Morgan fingerprint density at radius 3 is 1.65 bits per heavy atom. The molecule has 10 heteroatoms. The number of nitrogens with zero attached hydrogens (tertiary/aromatic N) is 3. The molecular formula is C21H37N5O4S. The highest BCUT2D eigenvalue weighted by atomic mass is 32.2. The fraction of sp³-hybridized carbons (Fsp3) is 0.619. The Morgan fingerprint density at radius 1 is 0.903 bits per heavy atom. The van der Waals surface area contributed by atoms with Gasteiger partial charge in [-0.1, -0.05) is 28.0 Å². The number of sulfonamides is 1. The topological polar surface area (TPSA) is 127 Å². The highest BCUT2D eigenvalue weighted by Gasteiger charge is 2.28. The Labute approximate surface area is 186 Å². The average Bonchev–Trinajstić information content (AvgIpc) is 2.71. The molecule has 0 aliphatic rings. The summed E-state index contributed by atoms with van der Waals surface area (Å²) in [5.41, 5.74) is 0.825. The summed E-state index contributed by atoms with van der Waals surface area (Å²) in [7, 11) is -3.71. The summed E-state index contributed by atoms with van der Waals surface area (Å²) in [6.45, 7) is 13.9. The molecule has 1 rings (SSSR count). The molecule has 0 amide bonds. The maximum absolute atomic E-state index is 13.3. The van der Waals surface area contributed by atoms with Crippen LogP contribution in [0.4, 0.5) is 0 Å². The molecule has 1 aromatic rings. The van der Waals surface area contributed by atoms with Crippen LogP contribution >= 0.6 is 0 Å². The molecule has 9 nitrogen and oxygen atoms in total. The van der Waals surface area contributed by atoms with Crippen LogP contribution in [0.15, 0.2) is 39.5 Å². The third-order valence-electron chi connectivity index (χ3n) is 5.62. The molecule has 0 heterocycles. The van der Waals surface area contributed by atoms with Gasteiger partial charge in [-0.25, -0.2) is 8.42 Å². The smallest absolute Gasteiger partial charge is 0.243 e. The second-order valence-corrected chi connectivity index (χ2v) is 10.6. The Hall–Kier alpha value is -2.01. The molecule has 31 heavy (non-hydrogen) atoms. The van der Waals surface area contributed by atoms with E-state index in [1.54, 1.807) is 38.1 Å². The van der Waals surface area contributed by atoms with Crippen LogP contribution in [-0.2, 0) is 10.0 Å². The van der Waals surface area contributed by atoms with Crippen molar-refractivity contribution in [3.8, 4) is 0 Å². The highest BCUT2D eigenvalue weighted by molar-refractivity contribution is 7.89.